The Kier molecular flexibility index (Phi) is 10.1. The van der Waals surface area contributed by atoms with Crippen molar-refractivity contribution in [2.24, 2.45) is 4.99 Å². The van der Waals surface area contributed by atoms with E-state index in [-0.39, 0.29) is 5.41 Å². The van der Waals surface area contributed by atoms with Crippen molar-refractivity contribution in [1.29, 1.82) is 0 Å². The summed E-state index contributed by atoms with van der Waals surface area (Å²) in [5, 5.41) is 10.3. The molecule has 0 aliphatic heterocycles. The normalized spacial score (nSPS) is 11.2. The summed E-state index contributed by atoms with van der Waals surface area (Å²) in [7, 11) is 9.87. The Hall–Kier alpha value is 0.153. The molecule has 1 aromatic rings. The molecule has 0 aliphatic rings. The van der Waals surface area contributed by atoms with Crippen molar-refractivity contribution < 1.29 is 26.0 Å². The number of phenolic OH excluding ortho intramolecular Hbond substituents is 1. The molecule has 5 heteroatoms. The molecule has 0 unspecified atom stereocenters. The van der Waals surface area contributed by atoms with E-state index in [2.05, 4.69) is 38.8 Å². The van der Waals surface area contributed by atoms with Gasteiger partial charge in [-0.1, -0.05) is 26.8 Å². The predicted octanol–water partition coefficient (Wildman–Crippen LogP) is 5.20. The van der Waals surface area contributed by atoms with Gasteiger partial charge < -0.3 is 5.11 Å². The summed E-state index contributed by atoms with van der Waals surface area (Å²) >= 11 is -0.826. The van der Waals surface area contributed by atoms with Gasteiger partial charge in [-0.15, -0.1) is 0 Å². The maximum absolute atomic E-state index is 10.3. The predicted molar refractivity (Wildman–Crippen MR) is 86.0 cm³/mol. The molecule has 0 heterocycles. The molecule has 0 aliphatic carbocycles. The van der Waals surface area contributed by atoms with Crippen LogP contribution in [0.15, 0.2) is 17.1 Å². The van der Waals surface area contributed by atoms with Gasteiger partial charge in [0.25, 0.3) is 0 Å². The Morgan fingerprint density at radius 3 is 2.30 bits per heavy atom. The fourth-order valence-electron chi connectivity index (χ4n) is 1.80. The Morgan fingerprint density at radius 2 is 1.85 bits per heavy atom. The van der Waals surface area contributed by atoms with Gasteiger partial charge in [-0.3, -0.25) is 4.99 Å². The summed E-state index contributed by atoms with van der Waals surface area (Å²) < 4.78 is 0. The average Bonchev–Trinajstić information content (AvgIpc) is 2.40. The van der Waals surface area contributed by atoms with Crippen LogP contribution in [0.2, 0.25) is 0 Å². The number of hydrogen-bond donors (Lipinski definition) is 1. The molecule has 0 atom stereocenters. The molecule has 2 nitrogen and oxygen atoms in total. The number of rotatable bonds is 4. The molecule has 0 saturated heterocycles. The summed E-state index contributed by atoms with van der Waals surface area (Å²) in [6.45, 7) is 11.2. The number of benzene rings is 1. The number of hydrogen-bond acceptors (Lipinski definition) is 2. The zero-order valence-corrected chi connectivity index (χ0v) is 16.8. The van der Waals surface area contributed by atoms with Gasteiger partial charge in [0.2, 0.25) is 0 Å². The molecule has 20 heavy (non-hydrogen) atoms. The van der Waals surface area contributed by atoms with Crippen LogP contribution in [0.1, 0.15) is 50.8 Å². The van der Waals surface area contributed by atoms with Gasteiger partial charge in [-0.05, 0) is 37.3 Å². The number of aliphatic imine (C=N–C) groups is 1. The molecule has 0 bridgehead atoms. The van der Waals surface area contributed by atoms with Gasteiger partial charge >= 0.3 is 37.9 Å². The third kappa shape index (κ3) is 6.28. The van der Waals surface area contributed by atoms with E-state index in [1.165, 1.54) is 0 Å². The zero-order valence-electron chi connectivity index (χ0n) is 12.8. The van der Waals surface area contributed by atoms with E-state index < -0.39 is 20.8 Å². The van der Waals surface area contributed by atoms with Crippen molar-refractivity contribution in [2.75, 3.05) is 6.54 Å². The van der Waals surface area contributed by atoms with Crippen molar-refractivity contribution in [3.63, 3.8) is 0 Å². The van der Waals surface area contributed by atoms with Crippen LogP contribution < -0.4 is 0 Å². The van der Waals surface area contributed by atoms with Crippen LogP contribution in [0.4, 0.5) is 0 Å². The van der Waals surface area contributed by atoms with Crippen molar-refractivity contribution >= 4 is 23.2 Å². The Labute approximate surface area is 141 Å². The molecule has 0 spiro atoms. The number of phenols is 1. The Bertz CT molecular complexity index is 448. The first-order chi connectivity index (χ1) is 9.33. The van der Waals surface area contributed by atoms with Gasteiger partial charge in [0, 0.05) is 23.9 Å². The number of aryl methyl sites for hydroxylation is 1. The second kappa shape index (κ2) is 9.98. The summed E-state index contributed by atoms with van der Waals surface area (Å²) in [6.07, 6.45) is 2.76. The topological polar surface area (TPSA) is 32.6 Å². The van der Waals surface area contributed by atoms with Crippen molar-refractivity contribution in [3.05, 3.63) is 28.8 Å². The van der Waals surface area contributed by atoms with E-state index in [0.717, 1.165) is 29.7 Å². The molecule has 0 radical (unpaired) electrons. The fraction of sp³-hybridized carbons (Fsp3) is 0.533. The van der Waals surface area contributed by atoms with Crippen molar-refractivity contribution in [1.82, 2.24) is 0 Å². The van der Waals surface area contributed by atoms with E-state index in [1.807, 2.05) is 13.0 Å². The number of nitrogens with zero attached hydrogens (tertiary/aromatic N) is 1. The van der Waals surface area contributed by atoms with Gasteiger partial charge in [0.15, 0.2) is 0 Å². The van der Waals surface area contributed by atoms with Crippen LogP contribution in [0.25, 0.3) is 0 Å². The van der Waals surface area contributed by atoms with Crippen molar-refractivity contribution in [3.8, 4) is 5.75 Å². The summed E-state index contributed by atoms with van der Waals surface area (Å²) in [6, 6.07) is 4.05. The number of halogens is 2. The monoisotopic (exact) mass is 393 g/mol. The van der Waals surface area contributed by atoms with Crippen LogP contribution in [0.5, 0.6) is 5.75 Å². The zero-order chi connectivity index (χ0) is 15.8. The minimum absolute atomic E-state index is 0.00902. The molecule has 112 valence electrons. The molecule has 1 aromatic carbocycles. The van der Waals surface area contributed by atoms with Gasteiger partial charge in [-0.2, -0.15) is 0 Å². The van der Waals surface area contributed by atoms with Crippen LogP contribution in [0, 0.1) is 6.92 Å². The van der Waals surface area contributed by atoms with Gasteiger partial charge in [0.05, 0.1) is 0 Å². The Balaban J connectivity index is 0.00000110. The van der Waals surface area contributed by atoms with Crippen molar-refractivity contribution in [2.45, 2.75) is 46.5 Å². The second-order valence-electron chi connectivity index (χ2n) is 5.19. The summed E-state index contributed by atoms with van der Waals surface area (Å²) in [4.78, 5) is 4.21. The fourth-order valence-corrected chi connectivity index (χ4v) is 1.80. The molecular weight excluding hydrogens is 372 g/mol. The molecule has 0 aromatic heterocycles. The van der Waals surface area contributed by atoms with E-state index in [0.29, 0.717) is 5.75 Å². The quantitative estimate of drug-likeness (QED) is 0.698. The molecule has 0 amide bonds. The van der Waals surface area contributed by atoms with Crippen LogP contribution >= 0.6 is 17.0 Å². The van der Waals surface area contributed by atoms with Gasteiger partial charge in [-0.25, -0.2) is 0 Å². The van der Waals surface area contributed by atoms with Crippen LogP contribution in [0.3, 0.4) is 0 Å². The van der Waals surface area contributed by atoms with E-state index >= 15 is 0 Å². The molecule has 1 rings (SSSR count). The molecule has 1 N–H and O–H groups in total. The SMILES string of the molecule is CCN=Cc1cc(C)cc(C(C)(C)CC)c1O.[Cl][Zr][Cl]. The third-order valence-corrected chi connectivity index (χ3v) is 3.31. The standard InChI is InChI=1S/C15H23NO.2ClH.Zr/c1-6-15(4,5)13-9-11(3)8-12(14(13)17)10-16-7-2;;;/h8-10,17H,6-7H2,1-5H3;2*1H;/q;;;+2/p-2. The van der Waals surface area contributed by atoms with Gasteiger partial charge in [0.1, 0.15) is 5.75 Å². The first-order valence-electron chi connectivity index (χ1n) is 6.64. The summed E-state index contributed by atoms with van der Waals surface area (Å²) in [5.74, 6) is 0.375. The van der Waals surface area contributed by atoms with E-state index in [4.69, 9.17) is 17.0 Å². The minimum atomic E-state index is -0.826. The van der Waals surface area contributed by atoms with E-state index in [9.17, 15) is 5.11 Å². The van der Waals surface area contributed by atoms with Crippen LogP contribution in [-0.4, -0.2) is 17.9 Å². The first kappa shape index (κ1) is 20.2. The van der Waals surface area contributed by atoms with E-state index in [1.54, 1.807) is 6.21 Å². The Morgan fingerprint density at radius 1 is 1.30 bits per heavy atom. The molecular formula is C15H23Cl2NOZr. The average molecular weight is 395 g/mol. The maximum atomic E-state index is 10.3. The third-order valence-electron chi connectivity index (χ3n) is 3.31. The summed E-state index contributed by atoms with van der Waals surface area (Å²) in [5.41, 5.74) is 2.99. The molecule has 0 saturated carbocycles. The number of aromatic hydroxyl groups is 1. The molecule has 0 fully saturated rings. The first-order valence-corrected chi connectivity index (χ1v) is 13.0. The van der Waals surface area contributed by atoms with Crippen LogP contribution in [-0.2, 0) is 26.3 Å². The second-order valence-corrected chi connectivity index (χ2v) is 8.92.